The van der Waals surface area contributed by atoms with Gasteiger partial charge in [0.25, 0.3) is 0 Å². The fourth-order valence-corrected chi connectivity index (χ4v) is 2.60. The number of likely N-dealkylation sites (N-methyl/N-ethyl adjacent to an activating group) is 1. The lowest BCUT2D eigenvalue weighted by Gasteiger charge is -2.20. The van der Waals surface area contributed by atoms with E-state index in [1.165, 1.54) is 19.2 Å². The highest BCUT2D eigenvalue weighted by Gasteiger charge is 2.18. The highest BCUT2D eigenvalue weighted by atomic mass is 19.3. The maximum Gasteiger partial charge on any atom is 0.387 e. The summed E-state index contributed by atoms with van der Waals surface area (Å²) >= 11 is 0. The molecule has 0 unspecified atom stereocenters. The monoisotopic (exact) mass is 379 g/mol. The van der Waals surface area contributed by atoms with Crippen molar-refractivity contribution in [1.29, 1.82) is 0 Å². The number of hydrazine groups is 2. The van der Waals surface area contributed by atoms with Gasteiger partial charge in [-0.3, -0.25) is 10.0 Å². The van der Waals surface area contributed by atoms with Crippen molar-refractivity contribution < 1.29 is 23.4 Å². The molecule has 27 heavy (non-hydrogen) atoms. The van der Waals surface area contributed by atoms with Gasteiger partial charge in [0.05, 0.1) is 37.8 Å². The van der Waals surface area contributed by atoms with E-state index in [0.29, 0.717) is 29.2 Å². The number of rotatable bonds is 7. The van der Waals surface area contributed by atoms with Crippen molar-refractivity contribution in [2.24, 2.45) is 0 Å². The minimum Gasteiger partial charge on any atom is -0.479 e. The van der Waals surface area contributed by atoms with Crippen LogP contribution in [0.4, 0.5) is 8.78 Å². The van der Waals surface area contributed by atoms with Gasteiger partial charge in [0.15, 0.2) is 0 Å². The minimum atomic E-state index is -2.91. The summed E-state index contributed by atoms with van der Waals surface area (Å²) in [5.74, 6) is 0.293. The number of methoxy groups -OCH3 is 1. The van der Waals surface area contributed by atoms with E-state index < -0.39 is 6.61 Å². The second kappa shape index (κ2) is 8.14. The standard InChI is InChI=1S/C17H19F2N5O3/c1-23-13(10-25)9-24(22-23)8-12-7-20-16(26-2)15(21-12)11-4-3-5-14(6-11)27-17(18)19/h3-7,9,17,22,25H,8,10H2,1-2H3. The molecule has 0 spiro atoms. The molecule has 1 aromatic carbocycles. The Morgan fingerprint density at radius 2 is 2.15 bits per heavy atom. The molecule has 0 atom stereocenters. The summed E-state index contributed by atoms with van der Waals surface area (Å²) in [7, 11) is 3.24. The number of nitrogens with zero attached hydrogens (tertiary/aromatic N) is 4. The molecule has 3 rings (SSSR count). The zero-order chi connectivity index (χ0) is 19.4. The number of nitrogens with one attached hydrogen (secondary N) is 1. The second-order valence-corrected chi connectivity index (χ2v) is 5.69. The normalized spacial score (nSPS) is 13.9. The Hall–Kier alpha value is -2.98. The fraction of sp³-hybridized carbons (Fsp3) is 0.294. The molecule has 10 heteroatoms. The molecular formula is C17H19F2N5O3. The van der Waals surface area contributed by atoms with Crippen LogP contribution >= 0.6 is 0 Å². The van der Waals surface area contributed by atoms with Crippen LogP contribution in [-0.4, -0.2) is 52.5 Å². The van der Waals surface area contributed by atoms with Gasteiger partial charge in [-0.2, -0.15) is 8.78 Å². The zero-order valence-electron chi connectivity index (χ0n) is 14.8. The van der Waals surface area contributed by atoms with Crippen LogP contribution in [0.15, 0.2) is 42.4 Å². The molecule has 2 aromatic rings. The summed E-state index contributed by atoms with van der Waals surface area (Å²) in [5.41, 5.74) is 5.30. The van der Waals surface area contributed by atoms with Gasteiger partial charge >= 0.3 is 6.61 Å². The molecule has 1 aromatic heterocycles. The van der Waals surface area contributed by atoms with Crippen molar-refractivity contribution in [1.82, 2.24) is 25.5 Å². The number of halogens is 2. The third-order valence-corrected chi connectivity index (χ3v) is 3.82. The Labute approximate surface area is 154 Å². The van der Waals surface area contributed by atoms with E-state index in [2.05, 4.69) is 20.2 Å². The van der Waals surface area contributed by atoms with Gasteiger partial charge < -0.3 is 14.6 Å². The predicted octanol–water partition coefficient (Wildman–Crippen LogP) is 1.75. The molecule has 0 aliphatic carbocycles. The van der Waals surface area contributed by atoms with E-state index in [-0.39, 0.29) is 18.2 Å². The first-order valence-electron chi connectivity index (χ1n) is 8.03. The summed E-state index contributed by atoms with van der Waals surface area (Å²) < 4.78 is 34.6. The lowest BCUT2D eigenvalue weighted by molar-refractivity contribution is -0.0498. The zero-order valence-corrected chi connectivity index (χ0v) is 14.8. The van der Waals surface area contributed by atoms with Gasteiger partial charge in [-0.25, -0.2) is 9.97 Å². The van der Waals surface area contributed by atoms with Gasteiger partial charge in [-0.15, -0.1) is 5.53 Å². The van der Waals surface area contributed by atoms with Crippen LogP contribution in [0.5, 0.6) is 11.6 Å². The predicted molar refractivity (Wildman–Crippen MR) is 92.3 cm³/mol. The molecule has 0 saturated carbocycles. The first-order valence-corrected chi connectivity index (χ1v) is 8.03. The van der Waals surface area contributed by atoms with Gasteiger partial charge in [0.1, 0.15) is 11.4 Å². The summed E-state index contributed by atoms with van der Waals surface area (Å²) in [6, 6.07) is 6.19. The SMILES string of the molecule is COc1ncc(CN2C=C(CO)N(C)N2)nc1-c1cccc(OC(F)F)c1. The smallest absolute Gasteiger partial charge is 0.387 e. The van der Waals surface area contributed by atoms with E-state index >= 15 is 0 Å². The molecule has 1 aliphatic heterocycles. The first kappa shape index (κ1) is 18.8. The molecule has 0 bridgehead atoms. The molecule has 2 N–H and O–H groups in total. The lowest BCUT2D eigenvalue weighted by atomic mass is 10.1. The molecule has 0 amide bonds. The Morgan fingerprint density at radius 3 is 2.81 bits per heavy atom. The number of aliphatic hydroxyl groups is 1. The summed E-state index contributed by atoms with van der Waals surface area (Å²) in [4.78, 5) is 8.80. The molecule has 8 nitrogen and oxygen atoms in total. The van der Waals surface area contributed by atoms with Crippen LogP contribution in [0.1, 0.15) is 5.69 Å². The quantitative estimate of drug-likeness (QED) is 0.753. The largest absolute Gasteiger partial charge is 0.479 e. The van der Waals surface area contributed by atoms with E-state index in [9.17, 15) is 13.9 Å². The van der Waals surface area contributed by atoms with E-state index in [4.69, 9.17) is 4.74 Å². The highest BCUT2D eigenvalue weighted by molar-refractivity contribution is 5.66. The Morgan fingerprint density at radius 1 is 1.33 bits per heavy atom. The second-order valence-electron chi connectivity index (χ2n) is 5.69. The molecule has 2 heterocycles. The molecule has 0 saturated heterocycles. The molecule has 144 valence electrons. The average Bonchev–Trinajstić information content (AvgIpc) is 3.00. The van der Waals surface area contributed by atoms with Crippen LogP contribution < -0.4 is 15.0 Å². The van der Waals surface area contributed by atoms with Crippen LogP contribution in [0.3, 0.4) is 0 Å². The number of hydrogen-bond donors (Lipinski definition) is 2. The first-order chi connectivity index (χ1) is 13.0. The summed E-state index contributed by atoms with van der Waals surface area (Å²) in [6.45, 7) is -2.65. The van der Waals surface area contributed by atoms with Crippen LogP contribution in [0.2, 0.25) is 0 Å². The number of aromatic nitrogens is 2. The third kappa shape index (κ3) is 4.41. The van der Waals surface area contributed by atoms with Gasteiger partial charge in [-0.05, 0) is 12.1 Å². The Bertz CT molecular complexity index is 834. The number of hydrogen-bond acceptors (Lipinski definition) is 8. The van der Waals surface area contributed by atoms with E-state index in [1.807, 2.05) is 0 Å². The number of alkyl halides is 2. The van der Waals surface area contributed by atoms with Crippen molar-refractivity contribution in [3.8, 4) is 22.9 Å². The summed E-state index contributed by atoms with van der Waals surface area (Å²) in [6.07, 6.45) is 3.32. The van der Waals surface area contributed by atoms with Crippen molar-refractivity contribution in [3.63, 3.8) is 0 Å². The van der Waals surface area contributed by atoms with E-state index in [1.54, 1.807) is 41.6 Å². The number of ether oxygens (including phenoxy) is 2. The van der Waals surface area contributed by atoms with Gasteiger partial charge in [-0.1, -0.05) is 12.1 Å². The molecule has 0 fully saturated rings. The fourth-order valence-electron chi connectivity index (χ4n) is 2.60. The third-order valence-electron chi connectivity index (χ3n) is 3.82. The van der Waals surface area contributed by atoms with Crippen molar-refractivity contribution in [2.45, 2.75) is 13.2 Å². The van der Waals surface area contributed by atoms with E-state index in [0.717, 1.165) is 0 Å². The average molecular weight is 379 g/mol. The molecule has 1 aliphatic rings. The van der Waals surface area contributed by atoms with Gasteiger partial charge in [0.2, 0.25) is 5.88 Å². The maximum atomic E-state index is 12.5. The van der Waals surface area contributed by atoms with Crippen molar-refractivity contribution >= 4 is 0 Å². The minimum absolute atomic E-state index is 0.0233. The highest BCUT2D eigenvalue weighted by Crippen LogP contribution is 2.29. The topological polar surface area (TPSA) is 83.0 Å². The summed E-state index contributed by atoms with van der Waals surface area (Å²) in [5, 5.41) is 12.7. The molecular weight excluding hydrogens is 360 g/mol. The van der Waals surface area contributed by atoms with Gasteiger partial charge in [0, 0.05) is 18.8 Å². The number of benzene rings is 1. The molecule has 0 radical (unpaired) electrons. The maximum absolute atomic E-state index is 12.5. The van der Waals surface area contributed by atoms with Crippen LogP contribution in [0, 0.1) is 0 Å². The van der Waals surface area contributed by atoms with Crippen LogP contribution in [-0.2, 0) is 6.54 Å². The van der Waals surface area contributed by atoms with Crippen LogP contribution in [0.25, 0.3) is 11.3 Å². The Balaban J connectivity index is 1.87. The van der Waals surface area contributed by atoms with Crippen molar-refractivity contribution in [3.05, 3.63) is 48.1 Å². The lowest BCUT2D eigenvalue weighted by Crippen LogP contribution is -2.38. The Kier molecular flexibility index (Phi) is 5.67. The van der Waals surface area contributed by atoms with Crippen molar-refractivity contribution in [2.75, 3.05) is 20.8 Å². The number of aliphatic hydroxyl groups excluding tert-OH is 1.